The first-order valence-corrected chi connectivity index (χ1v) is 9.01. The number of urea groups is 1. The Morgan fingerprint density at radius 3 is 1.96 bits per heavy atom. The van der Waals surface area contributed by atoms with Gasteiger partial charge in [0.1, 0.15) is 0 Å². The smallest absolute Gasteiger partial charge is 0.319 e. The minimum absolute atomic E-state index is 0.0561. The summed E-state index contributed by atoms with van der Waals surface area (Å²) < 4.78 is 5.51. The molecule has 23 heavy (non-hydrogen) atoms. The SMILES string of the molecule is C[C@@H]1COC[C@H](C)N1C(=O)C1CCN(C(=O)N2CCCC2)CC1. The number of piperidine rings is 1. The summed E-state index contributed by atoms with van der Waals surface area (Å²) in [5, 5.41) is 0. The van der Waals surface area contributed by atoms with Gasteiger partial charge in [-0.05, 0) is 39.5 Å². The van der Waals surface area contributed by atoms with E-state index in [1.807, 2.05) is 14.7 Å². The quantitative estimate of drug-likeness (QED) is 0.736. The fourth-order valence-electron chi connectivity index (χ4n) is 4.08. The Labute approximate surface area is 138 Å². The Morgan fingerprint density at radius 1 is 0.870 bits per heavy atom. The van der Waals surface area contributed by atoms with Gasteiger partial charge in [0.15, 0.2) is 0 Å². The van der Waals surface area contributed by atoms with Crippen LogP contribution in [0.4, 0.5) is 4.79 Å². The van der Waals surface area contributed by atoms with Gasteiger partial charge in [0, 0.05) is 32.1 Å². The third-order valence-electron chi connectivity index (χ3n) is 5.41. The Bertz CT molecular complexity index is 432. The lowest BCUT2D eigenvalue weighted by atomic mass is 9.94. The molecule has 0 aromatic heterocycles. The summed E-state index contributed by atoms with van der Waals surface area (Å²) in [7, 11) is 0. The van der Waals surface area contributed by atoms with Crippen LogP contribution in [0.3, 0.4) is 0 Å². The number of ether oxygens (including phenoxy) is 1. The van der Waals surface area contributed by atoms with Gasteiger partial charge in [-0.15, -0.1) is 0 Å². The summed E-state index contributed by atoms with van der Waals surface area (Å²) in [6.07, 6.45) is 3.81. The molecule has 0 bridgehead atoms. The van der Waals surface area contributed by atoms with E-state index in [1.54, 1.807) is 0 Å². The lowest BCUT2D eigenvalue weighted by Gasteiger charge is -2.42. The van der Waals surface area contributed by atoms with Crippen molar-refractivity contribution in [2.75, 3.05) is 39.4 Å². The summed E-state index contributed by atoms with van der Waals surface area (Å²) in [6, 6.07) is 0.465. The van der Waals surface area contributed by atoms with Gasteiger partial charge in [0.2, 0.25) is 5.91 Å². The highest BCUT2D eigenvalue weighted by Gasteiger charge is 2.36. The second-order valence-corrected chi connectivity index (χ2v) is 7.22. The zero-order valence-corrected chi connectivity index (χ0v) is 14.4. The highest BCUT2D eigenvalue weighted by atomic mass is 16.5. The van der Waals surface area contributed by atoms with Crippen LogP contribution in [-0.2, 0) is 9.53 Å². The highest BCUT2D eigenvalue weighted by molar-refractivity contribution is 5.80. The van der Waals surface area contributed by atoms with E-state index in [0.717, 1.165) is 38.8 Å². The van der Waals surface area contributed by atoms with Gasteiger partial charge in [-0.1, -0.05) is 0 Å². The molecule has 0 aliphatic carbocycles. The van der Waals surface area contributed by atoms with Crippen LogP contribution in [0.5, 0.6) is 0 Å². The average Bonchev–Trinajstić information content (AvgIpc) is 3.08. The Morgan fingerprint density at radius 2 is 1.39 bits per heavy atom. The van der Waals surface area contributed by atoms with Crippen molar-refractivity contribution in [2.45, 2.75) is 51.6 Å². The first-order chi connectivity index (χ1) is 11.1. The monoisotopic (exact) mass is 323 g/mol. The highest BCUT2D eigenvalue weighted by Crippen LogP contribution is 2.25. The molecule has 6 heteroatoms. The molecule has 0 N–H and O–H groups in total. The zero-order valence-electron chi connectivity index (χ0n) is 14.4. The number of carbonyl (C=O) groups is 2. The average molecular weight is 323 g/mol. The second-order valence-electron chi connectivity index (χ2n) is 7.22. The van der Waals surface area contributed by atoms with Crippen molar-refractivity contribution in [2.24, 2.45) is 5.92 Å². The number of carbonyl (C=O) groups excluding carboxylic acids is 2. The van der Waals surface area contributed by atoms with Crippen LogP contribution in [0, 0.1) is 5.92 Å². The van der Waals surface area contributed by atoms with E-state index < -0.39 is 0 Å². The van der Waals surface area contributed by atoms with E-state index in [-0.39, 0.29) is 29.9 Å². The van der Waals surface area contributed by atoms with Crippen molar-refractivity contribution < 1.29 is 14.3 Å². The summed E-state index contributed by atoms with van der Waals surface area (Å²) in [5.41, 5.74) is 0. The van der Waals surface area contributed by atoms with Gasteiger partial charge < -0.3 is 19.4 Å². The van der Waals surface area contributed by atoms with Crippen molar-refractivity contribution in [1.29, 1.82) is 0 Å². The molecule has 0 unspecified atom stereocenters. The molecule has 0 aromatic carbocycles. The lowest BCUT2D eigenvalue weighted by molar-refractivity contribution is -0.150. The normalized spacial score (nSPS) is 29.9. The van der Waals surface area contributed by atoms with E-state index >= 15 is 0 Å². The van der Waals surface area contributed by atoms with Gasteiger partial charge in [-0.2, -0.15) is 0 Å². The molecule has 0 saturated carbocycles. The van der Waals surface area contributed by atoms with E-state index in [4.69, 9.17) is 4.74 Å². The summed E-state index contributed by atoms with van der Waals surface area (Å²) in [4.78, 5) is 31.2. The third-order valence-corrected chi connectivity index (χ3v) is 5.41. The molecular formula is C17H29N3O3. The molecule has 0 radical (unpaired) electrons. The zero-order chi connectivity index (χ0) is 16.4. The van der Waals surface area contributed by atoms with Gasteiger partial charge in [-0.3, -0.25) is 4.79 Å². The maximum atomic E-state index is 12.9. The van der Waals surface area contributed by atoms with Crippen molar-refractivity contribution in [1.82, 2.24) is 14.7 Å². The van der Waals surface area contributed by atoms with E-state index in [1.165, 1.54) is 0 Å². The van der Waals surface area contributed by atoms with Crippen LogP contribution >= 0.6 is 0 Å². The lowest BCUT2D eigenvalue weighted by Crippen LogP contribution is -2.56. The molecule has 3 aliphatic rings. The predicted octanol–water partition coefficient (Wildman–Crippen LogP) is 1.55. The molecule has 130 valence electrons. The molecule has 3 amide bonds. The first kappa shape index (κ1) is 16.6. The van der Waals surface area contributed by atoms with Crippen LogP contribution in [-0.4, -0.2) is 78.1 Å². The van der Waals surface area contributed by atoms with Gasteiger partial charge in [-0.25, -0.2) is 4.79 Å². The van der Waals surface area contributed by atoms with Crippen molar-refractivity contribution in [3.05, 3.63) is 0 Å². The fraction of sp³-hybridized carbons (Fsp3) is 0.882. The van der Waals surface area contributed by atoms with E-state index in [9.17, 15) is 9.59 Å². The number of morpholine rings is 1. The summed E-state index contributed by atoms with van der Waals surface area (Å²) in [6.45, 7) is 8.56. The summed E-state index contributed by atoms with van der Waals surface area (Å²) in [5.74, 6) is 0.308. The molecule has 3 aliphatic heterocycles. The number of rotatable bonds is 1. The number of hydrogen-bond donors (Lipinski definition) is 0. The molecule has 3 rings (SSSR count). The Hall–Kier alpha value is -1.30. The van der Waals surface area contributed by atoms with Crippen molar-refractivity contribution >= 4 is 11.9 Å². The Balaban J connectivity index is 1.53. The van der Waals surface area contributed by atoms with E-state index in [0.29, 0.717) is 26.3 Å². The molecule has 0 aromatic rings. The number of nitrogens with zero attached hydrogens (tertiary/aromatic N) is 3. The number of amides is 3. The maximum Gasteiger partial charge on any atom is 0.319 e. The maximum absolute atomic E-state index is 12.9. The molecule has 2 atom stereocenters. The molecule has 0 spiro atoms. The molecular weight excluding hydrogens is 294 g/mol. The van der Waals surface area contributed by atoms with Crippen LogP contribution in [0.1, 0.15) is 39.5 Å². The van der Waals surface area contributed by atoms with Crippen LogP contribution in [0.15, 0.2) is 0 Å². The number of likely N-dealkylation sites (tertiary alicyclic amines) is 2. The standard InChI is InChI=1S/C17H29N3O3/c1-13-11-23-12-14(2)20(13)16(21)15-5-9-19(10-6-15)17(22)18-7-3-4-8-18/h13-15H,3-12H2,1-2H3/t13-,14+. The second kappa shape index (κ2) is 7.07. The van der Waals surface area contributed by atoms with Crippen molar-refractivity contribution in [3.8, 4) is 0 Å². The van der Waals surface area contributed by atoms with Crippen molar-refractivity contribution in [3.63, 3.8) is 0 Å². The Kier molecular flexibility index (Phi) is 5.09. The van der Waals surface area contributed by atoms with Gasteiger partial charge in [0.05, 0.1) is 25.3 Å². The fourth-order valence-corrected chi connectivity index (χ4v) is 4.08. The minimum atomic E-state index is 0.0561. The summed E-state index contributed by atoms with van der Waals surface area (Å²) >= 11 is 0. The van der Waals surface area contributed by atoms with Gasteiger partial charge in [0.25, 0.3) is 0 Å². The molecule has 3 fully saturated rings. The van der Waals surface area contributed by atoms with Crippen LogP contribution < -0.4 is 0 Å². The third kappa shape index (κ3) is 3.47. The molecule has 3 saturated heterocycles. The largest absolute Gasteiger partial charge is 0.377 e. The molecule has 3 heterocycles. The molecule has 6 nitrogen and oxygen atoms in total. The van der Waals surface area contributed by atoms with Crippen LogP contribution in [0.25, 0.3) is 0 Å². The van der Waals surface area contributed by atoms with E-state index in [2.05, 4.69) is 13.8 Å². The number of hydrogen-bond acceptors (Lipinski definition) is 3. The topological polar surface area (TPSA) is 53.1 Å². The van der Waals surface area contributed by atoms with Gasteiger partial charge >= 0.3 is 6.03 Å². The first-order valence-electron chi connectivity index (χ1n) is 9.01. The predicted molar refractivity (Wildman–Crippen MR) is 87.1 cm³/mol. The van der Waals surface area contributed by atoms with Crippen LogP contribution in [0.2, 0.25) is 0 Å². The minimum Gasteiger partial charge on any atom is -0.377 e.